The van der Waals surface area contributed by atoms with Gasteiger partial charge in [-0.25, -0.2) is 0 Å². The van der Waals surface area contributed by atoms with Gasteiger partial charge in [0.2, 0.25) is 0 Å². The SMILES string of the molecule is CC(C)C1OP2(=S)OCC1(C(C)(C)C)CO2. The van der Waals surface area contributed by atoms with Crippen LogP contribution in [0, 0.1) is 16.7 Å². The van der Waals surface area contributed by atoms with Crippen molar-refractivity contribution in [1.29, 1.82) is 0 Å². The zero-order valence-electron chi connectivity index (χ0n) is 10.6. The summed E-state index contributed by atoms with van der Waals surface area (Å²) >= 11 is 5.31. The Labute approximate surface area is 103 Å². The fourth-order valence-electron chi connectivity index (χ4n) is 2.55. The maximum atomic E-state index is 5.95. The van der Waals surface area contributed by atoms with E-state index in [1.165, 1.54) is 0 Å². The van der Waals surface area contributed by atoms with Gasteiger partial charge in [-0.1, -0.05) is 34.6 Å². The topological polar surface area (TPSA) is 27.7 Å². The van der Waals surface area contributed by atoms with E-state index >= 15 is 0 Å². The summed E-state index contributed by atoms with van der Waals surface area (Å²) < 4.78 is 17.3. The molecule has 1 unspecified atom stereocenters. The molecule has 3 saturated heterocycles. The highest BCUT2D eigenvalue weighted by Crippen LogP contribution is 2.67. The van der Waals surface area contributed by atoms with E-state index in [-0.39, 0.29) is 16.9 Å². The van der Waals surface area contributed by atoms with Gasteiger partial charge >= 0.3 is 6.72 Å². The van der Waals surface area contributed by atoms with Crippen LogP contribution in [0.2, 0.25) is 0 Å². The van der Waals surface area contributed by atoms with Crippen LogP contribution < -0.4 is 0 Å². The molecule has 1 atom stereocenters. The molecule has 2 bridgehead atoms. The van der Waals surface area contributed by atoms with Crippen molar-refractivity contribution in [3.05, 3.63) is 0 Å². The van der Waals surface area contributed by atoms with E-state index in [1.807, 2.05) is 0 Å². The minimum Gasteiger partial charge on any atom is -0.308 e. The second-order valence-corrected chi connectivity index (χ2v) is 9.13. The van der Waals surface area contributed by atoms with Crippen molar-refractivity contribution >= 4 is 18.5 Å². The normalized spacial score (nSPS) is 44.0. The van der Waals surface area contributed by atoms with Crippen LogP contribution >= 0.6 is 6.72 Å². The molecule has 0 aliphatic carbocycles. The number of hydrogen-bond donors (Lipinski definition) is 0. The lowest BCUT2D eigenvalue weighted by Gasteiger charge is -2.58. The fourth-order valence-corrected chi connectivity index (χ4v) is 4.84. The van der Waals surface area contributed by atoms with E-state index in [9.17, 15) is 0 Å². The van der Waals surface area contributed by atoms with Crippen LogP contribution in [0.4, 0.5) is 0 Å². The Bertz CT molecular complexity index is 323. The molecular weight excluding hydrogens is 243 g/mol. The van der Waals surface area contributed by atoms with Crippen LogP contribution in [0.25, 0.3) is 0 Å². The molecule has 0 saturated carbocycles. The third-order valence-corrected chi connectivity index (χ3v) is 6.11. The van der Waals surface area contributed by atoms with Gasteiger partial charge in [-0.2, -0.15) is 0 Å². The highest BCUT2D eigenvalue weighted by Gasteiger charge is 2.60. The number of hydrogen-bond acceptors (Lipinski definition) is 4. The Morgan fingerprint density at radius 1 is 1.25 bits per heavy atom. The first-order valence-electron chi connectivity index (χ1n) is 5.78. The molecular formula is C11H21O3PS. The third-order valence-electron chi connectivity index (χ3n) is 3.85. The highest BCUT2D eigenvalue weighted by molar-refractivity contribution is 8.07. The predicted octanol–water partition coefficient (Wildman–Crippen LogP) is 3.35. The monoisotopic (exact) mass is 264 g/mol. The first kappa shape index (κ1) is 13.0. The van der Waals surface area contributed by atoms with Crippen molar-refractivity contribution < 1.29 is 13.6 Å². The molecule has 3 heterocycles. The van der Waals surface area contributed by atoms with E-state index in [0.29, 0.717) is 19.1 Å². The predicted molar refractivity (Wildman–Crippen MR) is 67.8 cm³/mol. The minimum atomic E-state index is -2.42. The Morgan fingerprint density at radius 3 is 2.12 bits per heavy atom. The summed E-state index contributed by atoms with van der Waals surface area (Å²) in [6.45, 7) is 9.96. The zero-order valence-corrected chi connectivity index (χ0v) is 12.4. The van der Waals surface area contributed by atoms with E-state index in [4.69, 9.17) is 25.4 Å². The highest BCUT2D eigenvalue weighted by atomic mass is 32.5. The van der Waals surface area contributed by atoms with Gasteiger partial charge in [-0.05, 0) is 23.1 Å². The molecule has 3 rings (SSSR count). The average Bonchev–Trinajstić information content (AvgIpc) is 2.16. The van der Waals surface area contributed by atoms with E-state index < -0.39 is 6.72 Å². The van der Waals surface area contributed by atoms with Gasteiger partial charge in [0.05, 0.1) is 24.7 Å². The fraction of sp³-hybridized carbons (Fsp3) is 1.00. The van der Waals surface area contributed by atoms with Crippen LogP contribution in [0.1, 0.15) is 34.6 Å². The lowest BCUT2D eigenvalue weighted by molar-refractivity contribution is -0.185. The van der Waals surface area contributed by atoms with Gasteiger partial charge < -0.3 is 13.6 Å². The van der Waals surface area contributed by atoms with Gasteiger partial charge in [-0.3, -0.25) is 0 Å². The largest absolute Gasteiger partial charge is 0.327 e. The van der Waals surface area contributed by atoms with Crippen molar-refractivity contribution in [2.24, 2.45) is 16.7 Å². The summed E-state index contributed by atoms with van der Waals surface area (Å²) in [4.78, 5) is 0. The Balaban J connectivity index is 2.40. The molecule has 0 radical (unpaired) electrons. The molecule has 0 spiro atoms. The second-order valence-electron chi connectivity index (χ2n) is 6.17. The van der Waals surface area contributed by atoms with Crippen molar-refractivity contribution in [1.82, 2.24) is 0 Å². The molecule has 94 valence electrons. The van der Waals surface area contributed by atoms with Crippen molar-refractivity contribution in [3.8, 4) is 0 Å². The second kappa shape index (κ2) is 3.76. The quantitative estimate of drug-likeness (QED) is 0.679. The minimum absolute atomic E-state index is 0.0677. The summed E-state index contributed by atoms with van der Waals surface area (Å²) in [6.07, 6.45) is 0.154. The summed E-state index contributed by atoms with van der Waals surface area (Å²) in [5.41, 5.74) is 0.0185. The Kier molecular flexibility index (Phi) is 3.05. The average molecular weight is 264 g/mol. The molecule has 16 heavy (non-hydrogen) atoms. The molecule has 0 aromatic heterocycles. The van der Waals surface area contributed by atoms with E-state index in [1.54, 1.807) is 0 Å². The van der Waals surface area contributed by atoms with Gasteiger partial charge in [0.15, 0.2) is 0 Å². The molecule has 3 nitrogen and oxygen atoms in total. The molecule has 3 aliphatic heterocycles. The zero-order chi connectivity index (χ0) is 12.2. The maximum absolute atomic E-state index is 5.95. The first-order valence-corrected chi connectivity index (χ1v) is 8.33. The lowest BCUT2D eigenvalue weighted by atomic mass is 9.62. The maximum Gasteiger partial charge on any atom is 0.327 e. The molecule has 0 aromatic carbocycles. The first-order chi connectivity index (χ1) is 7.20. The summed E-state index contributed by atoms with van der Waals surface area (Å²) in [5.74, 6) is 0.439. The van der Waals surface area contributed by atoms with E-state index in [2.05, 4.69) is 34.6 Å². The van der Waals surface area contributed by atoms with Crippen LogP contribution in [0.5, 0.6) is 0 Å². The van der Waals surface area contributed by atoms with Crippen LogP contribution in [0.15, 0.2) is 0 Å². The molecule has 3 aliphatic rings. The van der Waals surface area contributed by atoms with Crippen LogP contribution in [0.3, 0.4) is 0 Å². The summed E-state index contributed by atoms with van der Waals surface area (Å²) in [5, 5.41) is 0. The summed E-state index contributed by atoms with van der Waals surface area (Å²) in [7, 11) is 0. The number of fused-ring (bicyclic) bond motifs is 3. The van der Waals surface area contributed by atoms with Crippen LogP contribution in [-0.4, -0.2) is 19.3 Å². The molecule has 0 amide bonds. The molecule has 5 heteroatoms. The van der Waals surface area contributed by atoms with Gasteiger partial charge in [-0.15, -0.1) is 0 Å². The standard InChI is InChI=1S/C11H21O3PS/c1-8(2)9-11(10(3,4)5)6-12-15(16,14-9)13-7-11/h8-9H,6-7H2,1-5H3. The lowest BCUT2D eigenvalue weighted by Crippen LogP contribution is -2.60. The Morgan fingerprint density at radius 2 is 1.75 bits per heavy atom. The smallest absolute Gasteiger partial charge is 0.308 e. The summed E-state index contributed by atoms with van der Waals surface area (Å²) in [6, 6.07) is 0. The van der Waals surface area contributed by atoms with E-state index in [0.717, 1.165) is 0 Å². The third kappa shape index (κ3) is 1.79. The van der Waals surface area contributed by atoms with Crippen molar-refractivity contribution in [2.45, 2.75) is 40.7 Å². The van der Waals surface area contributed by atoms with Gasteiger partial charge in [0.25, 0.3) is 0 Å². The number of rotatable bonds is 1. The molecule has 3 fully saturated rings. The molecule has 0 N–H and O–H groups in total. The van der Waals surface area contributed by atoms with Crippen molar-refractivity contribution in [2.75, 3.05) is 13.2 Å². The van der Waals surface area contributed by atoms with Gasteiger partial charge in [0.1, 0.15) is 0 Å². The molecule has 0 aromatic rings. The van der Waals surface area contributed by atoms with Gasteiger partial charge in [0, 0.05) is 0 Å². The van der Waals surface area contributed by atoms with Crippen LogP contribution in [-0.2, 0) is 25.4 Å². The Hall–Kier alpha value is 0.530. The van der Waals surface area contributed by atoms with Crippen molar-refractivity contribution in [3.63, 3.8) is 0 Å².